The molecule has 0 amide bonds. The Morgan fingerprint density at radius 2 is 2.32 bits per heavy atom. The van der Waals surface area contributed by atoms with Gasteiger partial charge in [0.15, 0.2) is 0 Å². The summed E-state index contributed by atoms with van der Waals surface area (Å²) in [7, 11) is 1.84. The third kappa shape index (κ3) is 2.16. The number of rotatable bonds is 3. The Hall–Kier alpha value is -2.37. The predicted octanol–water partition coefficient (Wildman–Crippen LogP) is 1.08. The topological polar surface area (TPSA) is 71.2 Å². The molecular formula is C13H14N4O2. The SMILES string of the molecule is Cn1cc(CN2CCc3cc(C(=O)O)ccc32)nn1. The van der Waals surface area contributed by atoms with Gasteiger partial charge >= 0.3 is 5.97 Å². The van der Waals surface area contributed by atoms with E-state index in [9.17, 15) is 4.79 Å². The molecule has 6 heteroatoms. The van der Waals surface area contributed by atoms with E-state index in [-0.39, 0.29) is 0 Å². The third-order valence-electron chi connectivity index (χ3n) is 3.32. The molecule has 0 atom stereocenters. The molecule has 3 rings (SSSR count). The fourth-order valence-corrected chi connectivity index (χ4v) is 2.43. The fraction of sp³-hybridized carbons (Fsp3) is 0.308. The molecule has 0 saturated heterocycles. The molecule has 0 aliphatic carbocycles. The Morgan fingerprint density at radius 3 is 3.00 bits per heavy atom. The maximum absolute atomic E-state index is 10.9. The van der Waals surface area contributed by atoms with Gasteiger partial charge < -0.3 is 10.0 Å². The highest BCUT2D eigenvalue weighted by Gasteiger charge is 2.21. The Morgan fingerprint density at radius 1 is 1.47 bits per heavy atom. The monoisotopic (exact) mass is 258 g/mol. The smallest absolute Gasteiger partial charge is 0.335 e. The molecule has 2 heterocycles. The zero-order valence-corrected chi connectivity index (χ0v) is 10.6. The average Bonchev–Trinajstić information content (AvgIpc) is 2.96. The standard InChI is InChI=1S/C13H14N4O2/c1-16-7-11(14-15-16)8-17-5-4-9-6-10(13(18)19)2-3-12(9)17/h2-3,6-7H,4-5,8H2,1H3,(H,18,19). The molecule has 19 heavy (non-hydrogen) atoms. The zero-order valence-electron chi connectivity index (χ0n) is 10.6. The lowest BCUT2D eigenvalue weighted by molar-refractivity contribution is 0.0697. The van der Waals surface area contributed by atoms with E-state index in [1.54, 1.807) is 16.8 Å². The number of carboxylic acids is 1. The summed E-state index contributed by atoms with van der Waals surface area (Å²) >= 11 is 0. The largest absolute Gasteiger partial charge is 0.478 e. The minimum absolute atomic E-state index is 0.347. The van der Waals surface area contributed by atoms with Crippen molar-refractivity contribution in [1.82, 2.24) is 15.0 Å². The van der Waals surface area contributed by atoms with Crippen LogP contribution in [0.1, 0.15) is 21.6 Å². The van der Waals surface area contributed by atoms with E-state index in [0.717, 1.165) is 29.9 Å². The van der Waals surface area contributed by atoms with Gasteiger partial charge in [-0.1, -0.05) is 5.21 Å². The van der Waals surface area contributed by atoms with Crippen molar-refractivity contribution in [3.05, 3.63) is 41.2 Å². The first-order valence-corrected chi connectivity index (χ1v) is 6.10. The van der Waals surface area contributed by atoms with Crippen molar-refractivity contribution in [2.45, 2.75) is 13.0 Å². The van der Waals surface area contributed by atoms with Gasteiger partial charge in [-0.05, 0) is 30.2 Å². The van der Waals surface area contributed by atoms with E-state index in [1.165, 1.54) is 0 Å². The summed E-state index contributed by atoms with van der Waals surface area (Å²) in [5.41, 5.74) is 3.44. The normalized spacial score (nSPS) is 13.6. The number of nitrogens with zero attached hydrogens (tertiary/aromatic N) is 4. The van der Waals surface area contributed by atoms with Gasteiger partial charge in [0, 0.05) is 25.5 Å². The first kappa shape index (κ1) is 11.7. The van der Waals surface area contributed by atoms with E-state index in [4.69, 9.17) is 5.11 Å². The highest BCUT2D eigenvalue weighted by molar-refractivity contribution is 5.88. The second-order valence-electron chi connectivity index (χ2n) is 4.70. The fourth-order valence-electron chi connectivity index (χ4n) is 2.43. The van der Waals surface area contributed by atoms with Gasteiger partial charge in [-0.2, -0.15) is 0 Å². The van der Waals surface area contributed by atoms with Crippen molar-refractivity contribution in [3.63, 3.8) is 0 Å². The van der Waals surface area contributed by atoms with Crippen LogP contribution in [0.3, 0.4) is 0 Å². The molecule has 0 radical (unpaired) electrons. The number of fused-ring (bicyclic) bond motifs is 1. The van der Waals surface area contributed by atoms with Gasteiger partial charge in [0.1, 0.15) is 5.69 Å². The quantitative estimate of drug-likeness (QED) is 0.891. The Labute approximate surface area is 110 Å². The molecule has 1 aromatic carbocycles. The summed E-state index contributed by atoms with van der Waals surface area (Å²) in [6.07, 6.45) is 2.76. The summed E-state index contributed by atoms with van der Waals surface area (Å²) in [4.78, 5) is 13.1. The summed E-state index contributed by atoms with van der Waals surface area (Å²) in [5, 5.41) is 17.0. The van der Waals surface area contributed by atoms with Crippen LogP contribution in [0.5, 0.6) is 0 Å². The minimum Gasteiger partial charge on any atom is -0.478 e. The summed E-state index contributed by atoms with van der Waals surface area (Å²) in [6, 6.07) is 5.28. The number of aromatic nitrogens is 3. The zero-order chi connectivity index (χ0) is 13.4. The van der Waals surface area contributed by atoms with Crippen LogP contribution in [0, 0.1) is 0 Å². The maximum atomic E-state index is 10.9. The number of carbonyl (C=O) groups is 1. The van der Waals surface area contributed by atoms with Gasteiger partial charge in [0.2, 0.25) is 0 Å². The lowest BCUT2D eigenvalue weighted by atomic mass is 10.1. The molecule has 6 nitrogen and oxygen atoms in total. The predicted molar refractivity (Wildman–Crippen MR) is 69.2 cm³/mol. The van der Waals surface area contributed by atoms with Crippen LogP contribution in [0.4, 0.5) is 5.69 Å². The van der Waals surface area contributed by atoms with Gasteiger partial charge in [0.25, 0.3) is 0 Å². The van der Waals surface area contributed by atoms with Crippen molar-refractivity contribution in [2.75, 3.05) is 11.4 Å². The van der Waals surface area contributed by atoms with E-state index in [0.29, 0.717) is 12.1 Å². The van der Waals surface area contributed by atoms with Gasteiger partial charge in [-0.3, -0.25) is 4.68 Å². The minimum atomic E-state index is -0.879. The number of aromatic carboxylic acids is 1. The number of hydrogen-bond donors (Lipinski definition) is 1. The Kier molecular flexibility index (Phi) is 2.70. The van der Waals surface area contributed by atoms with Crippen LogP contribution in [0.2, 0.25) is 0 Å². The van der Waals surface area contributed by atoms with E-state index in [1.807, 2.05) is 19.3 Å². The highest BCUT2D eigenvalue weighted by Crippen LogP contribution is 2.29. The summed E-state index contributed by atoms with van der Waals surface area (Å²) in [6.45, 7) is 1.59. The maximum Gasteiger partial charge on any atom is 0.335 e. The molecule has 1 aliphatic heterocycles. The molecule has 0 fully saturated rings. The number of hydrogen-bond acceptors (Lipinski definition) is 4. The molecule has 98 valence electrons. The number of carboxylic acid groups (broad SMARTS) is 1. The van der Waals surface area contributed by atoms with E-state index < -0.39 is 5.97 Å². The first-order valence-electron chi connectivity index (χ1n) is 6.10. The molecule has 1 aliphatic rings. The number of benzene rings is 1. The van der Waals surface area contributed by atoms with Crippen LogP contribution >= 0.6 is 0 Å². The van der Waals surface area contributed by atoms with Crippen molar-refractivity contribution in [2.24, 2.45) is 7.05 Å². The van der Waals surface area contributed by atoms with E-state index >= 15 is 0 Å². The van der Waals surface area contributed by atoms with Crippen LogP contribution in [0.15, 0.2) is 24.4 Å². The number of anilines is 1. The van der Waals surface area contributed by atoms with Crippen molar-refractivity contribution < 1.29 is 9.90 Å². The van der Waals surface area contributed by atoms with Crippen LogP contribution in [0.25, 0.3) is 0 Å². The molecule has 0 spiro atoms. The molecule has 1 aromatic heterocycles. The Bertz CT molecular complexity index is 635. The van der Waals surface area contributed by atoms with Gasteiger partial charge in [-0.25, -0.2) is 4.79 Å². The second kappa shape index (κ2) is 4.38. The average molecular weight is 258 g/mol. The molecule has 0 bridgehead atoms. The molecule has 1 N–H and O–H groups in total. The lowest BCUT2D eigenvalue weighted by Gasteiger charge is -2.17. The van der Waals surface area contributed by atoms with Crippen molar-refractivity contribution in [3.8, 4) is 0 Å². The van der Waals surface area contributed by atoms with Crippen molar-refractivity contribution >= 4 is 11.7 Å². The van der Waals surface area contributed by atoms with E-state index in [2.05, 4.69) is 15.2 Å². The highest BCUT2D eigenvalue weighted by atomic mass is 16.4. The van der Waals surface area contributed by atoms with Crippen molar-refractivity contribution in [1.29, 1.82) is 0 Å². The molecular weight excluding hydrogens is 244 g/mol. The van der Waals surface area contributed by atoms with Gasteiger partial charge in [-0.15, -0.1) is 5.10 Å². The van der Waals surface area contributed by atoms with Crippen LogP contribution < -0.4 is 4.90 Å². The molecule has 0 unspecified atom stereocenters. The van der Waals surface area contributed by atoms with Gasteiger partial charge in [0.05, 0.1) is 12.1 Å². The second-order valence-corrected chi connectivity index (χ2v) is 4.70. The van der Waals surface area contributed by atoms with Crippen LogP contribution in [-0.2, 0) is 20.0 Å². The Balaban J connectivity index is 1.84. The first-order chi connectivity index (χ1) is 9.13. The molecule has 2 aromatic rings. The lowest BCUT2D eigenvalue weighted by Crippen LogP contribution is -2.19. The summed E-state index contributed by atoms with van der Waals surface area (Å²) < 4.78 is 1.68. The summed E-state index contributed by atoms with van der Waals surface area (Å²) in [5.74, 6) is -0.879. The number of aryl methyl sites for hydroxylation is 1. The van der Waals surface area contributed by atoms with Crippen LogP contribution in [-0.4, -0.2) is 32.6 Å². The molecule has 0 saturated carbocycles. The third-order valence-corrected chi connectivity index (χ3v) is 3.32.